The van der Waals surface area contributed by atoms with Gasteiger partial charge >= 0.3 is 0 Å². The number of rotatable bonds is 3. The quantitative estimate of drug-likeness (QED) is 0.801. The number of aryl methyl sites for hydroxylation is 2. The predicted octanol–water partition coefficient (Wildman–Crippen LogP) is 2.90. The van der Waals surface area contributed by atoms with E-state index in [1.165, 1.54) is 0 Å². The van der Waals surface area contributed by atoms with Crippen LogP contribution in [0.2, 0.25) is 0 Å². The lowest BCUT2D eigenvalue weighted by molar-refractivity contribution is 0.200. The maximum absolute atomic E-state index is 12.2. The molecule has 1 aliphatic heterocycles. The molecule has 2 rings (SSSR count). The molecule has 1 saturated heterocycles. The predicted molar refractivity (Wildman–Crippen MR) is 74.5 cm³/mol. The van der Waals surface area contributed by atoms with E-state index in [0.717, 1.165) is 35.5 Å². The van der Waals surface area contributed by atoms with Crippen LogP contribution in [0, 0.1) is 13.8 Å². The molecule has 0 radical (unpaired) electrons. The summed E-state index contributed by atoms with van der Waals surface area (Å²) >= 11 is 1.85. The van der Waals surface area contributed by atoms with Crippen LogP contribution in [0.1, 0.15) is 24.0 Å². The molecule has 5 heteroatoms. The Bertz CT molecular complexity index is 517. The normalized spacial score (nSPS) is 17.9. The fraction of sp³-hybridized carbons (Fsp3) is 0.538. The van der Waals surface area contributed by atoms with Crippen LogP contribution in [0.3, 0.4) is 0 Å². The number of benzene rings is 1. The molecule has 0 aliphatic carbocycles. The van der Waals surface area contributed by atoms with Gasteiger partial charge < -0.3 is 0 Å². The summed E-state index contributed by atoms with van der Waals surface area (Å²) in [5, 5.41) is 0. The molecule has 0 amide bonds. The van der Waals surface area contributed by atoms with E-state index in [2.05, 4.69) is 0 Å². The fourth-order valence-corrected chi connectivity index (χ4v) is 4.49. The zero-order valence-electron chi connectivity index (χ0n) is 10.7. The zero-order chi connectivity index (χ0) is 13.2. The molecule has 1 heterocycles. The van der Waals surface area contributed by atoms with Crippen LogP contribution in [0.5, 0.6) is 0 Å². The molecule has 1 aromatic rings. The summed E-state index contributed by atoms with van der Waals surface area (Å²) < 4.78 is 29.8. The van der Waals surface area contributed by atoms with E-state index in [1.54, 1.807) is 19.1 Å². The summed E-state index contributed by atoms with van der Waals surface area (Å²) in [5.41, 5.74) is 1.81. The van der Waals surface area contributed by atoms with Crippen LogP contribution in [0.25, 0.3) is 0 Å². The van der Waals surface area contributed by atoms with Gasteiger partial charge in [0.25, 0.3) is 10.1 Å². The molecule has 3 nitrogen and oxygen atoms in total. The maximum Gasteiger partial charge on any atom is 0.297 e. The summed E-state index contributed by atoms with van der Waals surface area (Å²) in [6, 6.07) is 5.31. The maximum atomic E-state index is 12.2. The lowest BCUT2D eigenvalue weighted by Gasteiger charge is -2.21. The second-order valence-electron chi connectivity index (χ2n) is 4.63. The van der Waals surface area contributed by atoms with Gasteiger partial charge in [0.05, 0.1) is 11.0 Å². The molecular formula is C13H18O3S2. The van der Waals surface area contributed by atoms with E-state index >= 15 is 0 Å². The van der Waals surface area contributed by atoms with E-state index in [1.807, 2.05) is 24.8 Å². The minimum atomic E-state index is -3.62. The lowest BCUT2D eigenvalue weighted by atomic mass is 10.2. The highest BCUT2D eigenvalue weighted by Crippen LogP contribution is 2.25. The van der Waals surface area contributed by atoms with Gasteiger partial charge in [-0.05, 0) is 49.8 Å². The monoisotopic (exact) mass is 286 g/mol. The molecule has 0 aromatic heterocycles. The van der Waals surface area contributed by atoms with Gasteiger partial charge in [-0.2, -0.15) is 20.2 Å². The van der Waals surface area contributed by atoms with Gasteiger partial charge in [-0.15, -0.1) is 0 Å². The third-order valence-electron chi connectivity index (χ3n) is 3.03. The lowest BCUT2D eigenvalue weighted by Crippen LogP contribution is -2.23. The standard InChI is InChI=1S/C13H18O3S2/c1-10-3-4-13(11(2)9-10)18(14,15)16-12-5-7-17-8-6-12/h3-4,9,12H,5-8H2,1-2H3. The van der Waals surface area contributed by atoms with Crippen LogP contribution < -0.4 is 0 Å². The van der Waals surface area contributed by atoms with Crippen molar-refractivity contribution in [2.75, 3.05) is 11.5 Å². The third kappa shape index (κ3) is 3.28. The molecular weight excluding hydrogens is 268 g/mol. The zero-order valence-corrected chi connectivity index (χ0v) is 12.3. The first-order valence-corrected chi connectivity index (χ1v) is 8.63. The summed E-state index contributed by atoms with van der Waals surface area (Å²) in [6.45, 7) is 3.75. The minimum Gasteiger partial charge on any atom is -0.263 e. The van der Waals surface area contributed by atoms with Gasteiger partial charge in [0, 0.05) is 0 Å². The van der Waals surface area contributed by atoms with Gasteiger partial charge in [-0.3, -0.25) is 4.18 Å². The average molecular weight is 286 g/mol. The Kier molecular flexibility index (Phi) is 4.35. The highest BCUT2D eigenvalue weighted by Gasteiger charge is 2.24. The average Bonchev–Trinajstić information content (AvgIpc) is 2.29. The molecule has 100 valence electrons. The van der Waals surface area contributed by atoms with Crippen LogP contribution in [0.4, 0.5) is 0 Å². The Hall–Kier alpha value is -0.520. The summed E-state index contributed by atoms with van der Waals surface area (Å²) in [5.74, 6) is 1.96. The summed E-state index contributed by atoms with van der Waals surface area (Å²) in [4.78, 5) is 0.298. The second-order valence-corrected chi connectivity index (χ2v) is 7.40. The van der Waals surface area contributed by atoms with Gasteiger partial charge in [0.15, 0.2) is 0 Å². The molecule has 0 bridgehead atoms. The smallest absolute Gasteiger partial charge is 0.263 e. The minimum absolute atomic E-state index is 0.156. The summed E-state index contributed by atoms with van der Waals surface area (Å²) in [7, 11) is -3.62. The van der Waals surface area contributed by atoms with Gasteiger partial charge in [0.2, 0.25) is 0 Å². The Balaban J connectivity index is 2.19. The van der Waals surface area contributed by atoms with Crippen LogP contribution in [-0.2, 0) is 14.3 Å². The van der Waals surface area contributed by atoms with E-state index in [0.29, 0.717) is 4.90 Å². The first-order chi connectivity index (χ1) is 8.49. The SMILES string of the molecule is Cc1ccc(S(=O)(=O)OC2CCSCC2)c(C)c1. The van der Waals surface area contributed by atoms with Crippen molar-refractivity contribution in [1.82, 2.24) is 0 Å². The van der Waals surface area contributed by atoms with E-state index in [4.69, 9.17) is 4.18 Å². The third-order valence-corrected chi connectivity index (χ3v) is 5.60. The van der Waals surface area contributed by atoms with Crippen LogP contribution in [-0.4, -0.2) is 26.0 Å². The van der Waals surface area contributed by atoms with Crippen molar-refractivity contribution >= 4 is 21.9 Å². The van der Waals surface area contributed by atoms with Crippen LogP contribution >= 0.6 is 11.8 Å². The first kappa shape index (κ1) is 13.9. The molecule has 0 spiro atoms. The van der Waals surface area contributed by atoms with E-state index < -0.39 is 10.1 Å². The molecule has 0 N–H and O–H groups in total. The molecule has 0 saturated carbocycles. The Labute approximate surface area is 113 Å². The van der Waals surface area contributed by atoms with Gasteiger partial charge in [0.1, 0.15) is 0 Å². The van der Waals surface area contributed by atoms with Crippen molar-refractivity contribution in [3.63, 3.8) is 0 Å². The highest BCUT2D eigenvalue weighted by atomic mass is 32.2. The molecule has 1 aliphatic rings. The first-order valence-electron chi connectivity index (χ1n) is 6.07. The molecule has 1 aromatic carbocycles. The summed E-state index contributed by atoms with van der Waals surface area (Å²) in [6.07, 6.45) is 1.47. The van der Waals surface area contributed by atoms with Crippen molar-refractivity contribution in [3.05, 3.63) is 29.3 Å². The molecule has 0 unspecified atom stereocenters. The fourth-order valence-electron chi connectivity index (χ4n) is 2.08. The highest BCUT2D eigenvalue weighted by molar-refractivity contribution is 7.99. The number of hydrogen-bond acceptors (Lipinski definition) is 4. The van der Waals surface area contributed by atoms with Gasteiger partial charge in [-0.1, -0.05) is 17.7 Å². The number of thioether (sulfide) groups is 1. The molecule has 18 heavy (non-hydrogen) atoms. The molecule has 1 fully saturated rings. The largest absolute Gasteiger partial charge is 0.297 e. The van der Waals surface area contributed by atoms with Crippen molar-refractivity contribution in [2.45, 2.75) is 37.7 Å². The van der Waals surface area contributed by atoms with E-state index in [-0.39, 0.29) is 6.10 Å². The van der Waals surface area contributed by atoms with Crippen molar-refractivity contribution in [3.8, 4) is 0 Å². The van der Waals surface area contributed by atoms with Gasteiger partial charge in [-0.25, -0.2) is 0 Å². The molecule has 0 atom stereocenters. The second kappa shape index (κ2) is 5.63. The topological polar surface area (TPSA) is 43.4 Å². The van der Waals surface area contributed by atoms with Crippen LogP contribution in [0.15, 0.2) is 23.1 Å². The van der Waals surface area contributed by atoms with Crippen molar-refractivity contribution < 1.29 is 12.6 Å². The Morgan fingerprint density at radius 2 is 1.89 bits per heavy atom. The Morgan fingerprint density at radius 1 is 1.22 bits per heavy atom. The van der Waals surface area contributed by atoms with Crippen molar-refractivity contribution in [2.24, 2.45) is 0 Å². The number of hydrogen-bond donors (Lipinski definition) is 0. The Morgan fingerprint density at radius 3 is 2.50 bits per heavy atom. The van der Waals surface area contributed by atoms with Crippen molar-refractivity contribution in [1.29, 1.82) is 0 Å². The van der Waals surface area contributed by atoms with E-state index in [9.17, 15) is 8.42 Å².